The maximum atomic E-state index is 5.13. The largest absolute Gasteiger partial charge is 0.231 e. The minimum absolute atomic E-state index is 0.163. The SMILES string of the molecule is Cc1ccc(-c2csc(N3N=C(c4ccc5c(c4)CCC5)CC3c3ccccc3)n2)cc1. The lowest BCUT2D eigenvalue weighted by Crippen LogP contribution is -2.18. The second kappa shape index (κ2) is 8.03. The first-order valence-electron chi connectivity index (χ1n) is 11.3. The Kier molecular flexibility index (Phi) is 4.88. The highest BCUT2D eigenvalue weighted by molar-refractivity contribution is 7.14. The van der Waals surface area contributed by atoms with Crippen LogP contribution in [0.4, 0.5) is 5.13 Å². The molecule has 6 rings (SSSR count). The van der Waals surface area contributed by atoms with Crippen LogP contribution in [0.3, 0.4) is 0 Å². The fraction of sp³-hybridized carbons (Fsp3) is 0.214. The van der Waals surface area contributed by atoms with E-state index in [0.29, 0.717) is 0 Å². The number of rotatable bonds is 4. The van der Waals surface area contributed by atoms with E-state index in [0.717, 1.165) is 28.5 Å². The summed E-state index contributed by atoms with van der Waals surface area (Å²) < 4.78 is 0. The van der Waals surface area contributed by atoms with Gasteiger partial charge in [0.2, 0.25) is 5.13 Å². The van der Waals surface area contributed by atoms with E-state index in [1.807, 2.05) is 0 Å². The fourth-order valence-corrected chi connectivity index (χ4v) is 5.61. The number of nitrogens with zero attached hydrogens (tertiary/aromatic N) is 3. The summed E-state index contributed by atoms with van der Waals surface area (Å²) in [5.41, 5.74) is 10.1. The van der Waals surface area contributed by atoms with Crippen LogP contribution in [0.1, 0.15) is 46.7 Å². The second-order valence-corrected chi connectivity index (χ2v) is 9.58. The number of hydrogen-bond acceptors (Lipinski definition) is 4. The molecule has 32 heavy (non-hydrogen) atoms. The molecule has 0 amide bonds. The third kappa shape index (κ3) is 3.55. The molecule has 0 radical (unpaired) electrons. The van der Waals surface area contributed by atoms with Crippen molar-refractivity contribution in [1.82, 2.24) is 4.98 Å². The van der Waals surface area contributed by atoms with Gasteiger partial charge in [0.05, 0.1) is 17.4 Å². The van der Waals surface area contributed by atoms with Gasteiger partial charge in [-0.3, -0.25) is 0 Å². The van der Waals surface area contributed by atoms with Crippen LogP contribution < -0.4 is 5.01 Å². The molecule has 3 aromatic carbocycles. The predicted molar refractivity (Wildman–Crippen MR) is 134 cm³/mol. The summed E-state index contributed by atoms with van der Waals surface area (Å²) in [5.74, 6) is 0. The van der Waals surface area contributed by atoms with Crippen LogP contribution in [0, 0.1) is 6.92 Å². The quantitative estimate of drug-likeness (QED) is 0.346. The third-order valence-corrected chi connectivity index (χ3v) is 7.39. The lowest BCUT2D eigenvalue weighted by Gasteiger charge is -2.21. The molecule has 1 aromatic heterocycles. The molecule has 2 aliphatic rings. The normalized spacial score (nSPS) is 17.5. The van der Waals surface area contributed by atoms with Crippen molar-refractivity contribution in [3.05, 3.63) is 106 Å². The number of aryl methyl sites for hydroxylation is 3. The number of hydrazone groups is 1. The molecule has 1 atom stereocenters. The molecule has 1 unspecified atom stereocenters. The van der Waals surface area contributed by atoms with Crippen LogP contribution >= 0.6 is 11.3 Å². The van der Waals surface area contributed by atoms with Crippen molar-refractivity contribution in [2.24, 2.45) is 5.10 Å². The van der Waals surface area contributed by atoms with Gasteiger partial charge in [0.25, 0.3) is 0 Å². The van der Waals surface area contributed by atoms with Gasteiger partial charge in [0, 0.05) is 17.4 Å². The fourth-order valence-electron chi connectivity index (χ4n) is 4.77. The standard InChI is InChI=1S/C28H25N3S/c1-19-10-12-21(13-11-19)26-18-32-28(29-26)31-27(22-6-3-2-4-7-22)17-25(30-31)24-15-14-20-8-5-9-23(20)16-24/h2-4,6-7,10-16,18,27H,5,8-9,17H2,1H3. The van der Waals surface area contributed by atoms with Crippen molar-refractivity contribution in [3.8, 4) is 11.3 Å². The van der Waals surface area contributed by atoms with E-state index in [2.05, 4.69) is 90.1 Å². The van der Waals surface area contributed by atoms with Crippen LogP contribution in [0.2, 0.25) is 0 Å². The Balaban J connectivity index is 1.38. The van der Waals surface area contributed by atoms with Crippen LogP contribution in [0.25, 0.3) is 11.3 Å². The number of fused-ring (bicyclic) bond motifs is 1. The Morgan fingerprint density at radius 3 is 2.50 bits per heavy atom. The van der Waals surface area contributed by atoms with Crippen LogP contribution in [-0.4, -0.2) is 10.7 Å². The van der Waals surface area contributed by atoms with Gasteiger partial charge in [-0.05, 0) is 54.5 Å². The molecule has 0 spiro atoms. The van der Waals surface area contributed by atoms with Crippen LogP contribution in [0.5, 0.6) is 0 Å². The van der Waals surface area contributed by atoms with Crippen molar-refractivity contribution in [1.29, 1.82) is 0 Å². The first kappa shape index (κ1) is 19.4. The summed E-state index contributed by atoms with van der Waals surface area (Å²) in [5, 5.41) is 10.4. The Hall–Kier alpha value is -3.24. The molecule has 3 nitrogen and oxygen atoms in total. The van der Waals surface area contributed by atoms with Gasteiger partial charge < -0.3 is 0 Å². The van der Waals surface area contributed by atoms with Gasteiger partial charge in [-0.15, -0.1) is 11.3 Å². The van der Waals surface area contributed by atoms with Gasteiger partial charge in [-0.1, -0.05) is 72.3 Å². The summed E-state index contributed by atoms with van der Waals surface area (Å²) in [6, 6.07) is 26.4. The Morgan fingerprint density at radius 2 is 1.66 bits per heavy atom. The molecule has 0 saturated carbocycles. The highest BCUT2D eigenvalue weighted by Crippen LogP contribution is 2.39. The van der Waals surface area contributed by atoms with Gasteiger partial charge >= 0.3 is 0 Å². The number of hydrogen-bond donors (Lipinski definition) is 0. The third-order valence-electron chi connectivity index (χ3n) is 6.56. The van der Waals surface area contributed by atoms with Gasteiger partial charge in [0.1, 0.15) is 0 Å². The van der Waals surface area contributed by atoms with Gasteiger partial charge in [-0.2, -0.15) is 5.10 Å². The number of benzene rings is 3. The van der Waals surface area contributed by atoms with E-state index in [1.165, 1.54) is 47.1 Å². The maximum absolute atomic E-state index is 5.13. The number of thiazole rings is 1. The lowest BCUT2D eigenvalue weighted by molar-refractivity contribution is 0.706. The predicted octanol–water partition coefficient (Wildman–Crippen LogP) is 6.96. The minimum Gasteiger partial charge on any atom is -0.231 e. The molecule has 0 fully saturated rings. The highest BCUT2D eigenvalue weighted by atomic mass is 32.1. The van der Waals surface area contributed by atoms with E-state index in [4.69, 9.17) is 10.1 Å². The average molecular weight is 436 g/mol. The Bertz CT molecular complexity index is 1290. The second-order valence-electron chi connectivity index (χ2n) is 8.74. The summed E-state index contributed by atoms with van der Waals surface area (Å²) in [6.45, 7) is 2.11. The molecular weight excluding hydrogens is 410 g/mol. The molecule has 4 heteroatoms. The van der Waals surface area contributed by atoms with Crippen molar-refractivity contribution in [2.75, 3.05) is 5.01 Å². The highest BCUT2D eigenvalue weighted by Gasteiger charge is 2.32. The Morgan fingerprint density at radius 1 is 0.875 bits per heavy atom. The van der Waals surface area contributed by atoms with Gasteiger partial charge in [0.15, 0.2) is 0 Å². The number of aromatic nitrogens is 1. The zero-order valence-corrected chi connectivity index (χ0v) is 19.0. The monoisotopic (exact) mass is 435 g/mol. The van der Waals surface area contributed by atoms with E-state index in [9.17, 15) is 0 Å². The summed E-state index contributed by atoms with van der Waals surface area (Å²) in [6.07, 6.45) is 4.56. The van der Waals surface area contributed by atoms with Crippen LogP contribution in [-0.2, 0) is 12.8 Å². The molecule has 4 aromatic rings. The van der Waals surface area contributed by atoms with Crippen LogP contribution in [0.15, 0.2) is 83.3 Å². The number of anilines is 1. The maximum Gasteiger partial charge on any atom is 0.207 e. The van der Waals surface area contributed by atoms with Crippen molar-refractivity contribution in [2.45, 2.75) is 38.6 Å². The van der Waals surface area contributed by atoms with Gasteiger partial charge in [-0.25, -0.2) is 9.99 Å². The van der Waals surface area contributed by atoms with E-state index in [1.54, 1.807) is 11.3 Å². The molecule has 0 N–H and O–H groups in total. The smallest absolute Gasteiger partial charge is 0.207 e. The Labute approximate surface area is 193 Å². The van der Waals surface area contributed by atoms with E-state index >= 15 is 0 Å². The zero-order chi connectivity index (χ0) is 21.5. The molecule has 2 heterocycles. The van der Waals surface area contributed by atoms with Crippen molar-refractivity contribution < 1.29 is 0 Å². The molecule has 0 saturated heterocycles. The molecule has 1 aliphatic carbocycles. The summed E-state index contributed by atoms with van der Waals surface area (Å²) in [7, 11) is 0. The van der Waals surface area contributed by atoms with Crippen molar-refractivity contribution >= 4 is 22.2 Å². The molecule has 1 aliphatic heterocycles. The molecule has 158 valence electrons. The average Bonchev–Trinajstić information content (AvgIpc) is 3.58. The van der Waals surface area contributed by atoms with E-state index in [-0.39, 0.29) is 6.04 Å². The van der Waals surface area contributed by atoms with Crippen molar-refractivity contribution in [3.63, 3.8) is 0 Å². The first-order valence-corrected chi connectivity index (χ1v) is 12.2. The zero-order valence-electron chi connectivity index (χ0n) is 18.2. The lowest BCUT2D eigenvalue weighted by atomic mass is 9.97. The summed E-state index contributed by atoms with van der Waals surface area (Å²) in [4.78, 5) is 4.99. The topological polar surface area (TPSA) is 28.5 Å². The molecule has 0 bridgehead atoms. The minimum atomic E-state index is 0.163. The summed E-state index contributed by atoms with van der Waals surface area (Å²) >= 11 is 1.67. The first-order chi connectivity index (χ1) is 15.7. The molecular formula is C28H25N3S. The van der Waals surface area contributed by atoms with E-state index < -0.39 is 0 Å².